The lowest BCUT2D eigenvalue weighted by Gasteiger charge is -2.33. The predicted octanol–water partition coefficient (Wildman–Crippen LogP) is 5.83. The van der Waals surface area contributed by atoms with Gasteiger partial charge in [-0.05, 0) is 47.4 Å². The van der Waals surface area contributed by atoms with Crippen LogP contribution in [0.25, 0.3) is 0 Å². The first-order valence-corrected chi connectivity index (χ1v) is 15.6. The van der Waals surface area contributed by atoms with Crippen LogP contribution >= 0.6 is 34.8 Å². The molecule has 0 saturated carbocycles. The number of nitrogens with one attached hydrogen (secondary N) is 1. The monoisotopic (exact) mass is 623 g/mol. The Morgan fingerprint density at radius 1 is 0.875 bits per heavy atom. The molecule has 11 heteroatoms. The van der Waals surface area contributed by atoms with Crippen molar-refractivity contribution in [2.45, 2.75) is 32.9 Å². The normalized spacial score (nSPS) is 12.2. The number of hydrogen-bond acceptors (Lipinski definition) is 4. The molecule has 0 saturated heterocycles. The molecule has 40 heavy (non-hydrogen) atoms. The topological polar surface area (TPSA) is 86.8 Å². The molecule has 0 aliphatic heterocycles. The van der Waals surface area contributed by atoms with Crippen LogP contribution in [0.2, 0.25) is 15.1 Å². The zero-order valence-corrected chi connectivity index (χ0v) is 25.6. The molecule has 2 amide bonds. The minimum atomic E-state index is -3.95. The van der Waals surface area contributed by atoms with Crippen LogP contribution in [0.4, 0.5) is 5.69 Å². The summed E-state index contributed by atoms with van der Waals surface area (Å²) in [7, 11) is -3.95. The van der Waals surface area contributed by atoms with E-state index in [1.54, 1.807) is 24.3 Å². The summed E-state index contributed by atoms with van der Waals surface area (Å²) in [5.74, 6) is -0.725. The minimum absolute atomic E-state index is 0.0502. The summed E-state index contributed by atoms with van der Waals surface area (Å²) < 4.78 is 26.7. The van der Waals surface area contributed by atoms with Crippen LogP contribution in [-0.2, 0) is 32.6 Å². The molecule has 1 N–H and O–H groups in total. The number of rotatable bonds is 12. The van der Waals surface area contributed by atoms with Crippen LogP contribution < -0.4 is 9.62 Å². The van der Waals surface area contributed by atoms with Crippen molar-refractivity contribution in [3.8, 4) is 0 Å². The lowest BCUT2D eigenvalue weighted by atomic mass is 10.0. The van der Waals surface area contributed by atoms with Crippen molar-refractivity contribution in [3.05, 3.63) is 99.0 Å². The van der Waals surface area contributed by atoms with E-state index in [9.17, 15) is 18.0 Å². The van der Waals surface area contributed by atoms with Gasteiger partial charge < -0.3 is 10.2 Å². The summed E-state index contributed by atoms with van der Waals surface area (Å²) in [6.07, 6.45) is 1.22. The first-order chi connectivity index (χ1) is 18.8. The summed E-state index contributed by atoms with van der Waals surface area (Å²) in [5, 5.41) is 3.86. The Balaban J connectivity index is 2.06. The number of anilines is 1. The third-order valence-corrected chi connectivity index (χ3v) is 8.00. The highest BCUT2D eigenvalue weighted by molar-refractivity contribution is 7.92. The van der Waals surface area contributed by atoms with Gasteiger partial charge in [-0.15, -0.1) is 0 Å². The summed E-state index contributed by atoms with van der Waals surface area (Å²) in [4.78, 5) is 29.0. The van der Waals surface area contributed by atoms with Crippen molar-refractivity contribution in [1.82, 2.24) is 10.2 Å². The van der Waals surface area contributed by atoms with Crippen molar-refractivity contribution in [3.63, 3.8) is 0 Å². The molecule has 0 aliphatic carbocycles. The van der Waals surface area contributed by atoms with Crippen LogP contribution in [-0.4, -0.2) is 50.5 Å². The molecule has 0 aromatic heterocycles. The third-order valence-electron chi connectivity index (χ3n) is 6.08. The number of carbonyl (C=O) groups is 2. The van der Waals surface area contributed by atoms with Gasteiger partial charge in [0.05, 0.1) is 17.0 Å². The predicted molar refractivity (Wildman–Crippen MR) is 162 cm³/mol. The third kappa shape index (κ3) is 9.13. The van der Waals surface area contributed by atoms with E-state index in [0.29, 0.717) is 16.6 Å². The molecule has 0 bridgehead atoms. The van der Waals surface area contributed by atoms with E-state index in [2.05, 4.69) is 5.32 Å². The number of sulfonamides is 1. The van der Waals surface area contributed by atoms with Crippen LogP contribution in [0, 0.1) is 5.92 Å². The number of halogens is 3. The fraction of sp³-hybridized carbons (Fsp3) is 0.310. The van der Waals surface area contributed by atoms with Crippen LogP contribution in [0.15, 0.2) is 72.8 Å². The van der Waals surface area contributed by atoms with E-state index in [-0.39, 0.29) is 35.5 Å². The number of nitrogens with zero attached hydrogens (tertiary/aromatic N) is 2. The molecule has 1 atom stereocenters. The lowest BCUT2D eigenvalue weighted by Crippen LogP contribution is -2.53. The molecule has 3 aromatic rings. The fourth-order valence-corrected chi connectivity index (χ4v) is 5.59. The standard InChI is InChI=1S/C29H32Cl3N3O4S/c1-20(2)17-33-29(37)27(15-21-7-5-4-6-8-21)34(18-22-9-11-23(30)12-10-22)28(36)19-35(40(3,38)39)26-14-13-24(31)16-25(26)32/h4-14,16,20,27H,15,17-19H2,1-3H3,(H,33,37). The first kappa shape index (κ1) is 31.7. The van der Waals surface area contributed by atoms with E-state index in [0.717, 1.165) is 21.7 Å². The Morgan fingerprint density at radius 3 is 2.08 bits per heavy atom. The van der Waals surface area contributed by atoms with E-state index in [4.69, 9.17) is 34.8 Å². The van der Waals surface area contributed by atoms with Gasteiger partial charge in [-0.1, -0.05) is 91.1 Å². The average molecular weight is 625 g/mol. The van der Waals surface area contributed by atoms with Crippen LogP contribution in [0.3, 0.4) is 0 Å². The zero-order valence-electron chi connectivity index (χ0n) is 22.5. The van der Waals surface area contributed by atoms with Gasteiger partial charge in [0, 0.05) is 29.6 Å². The zero-order chi connectivity index (χ0) is 29.4. The summed E-state index contributed by atoms with van der Waals surface area (Å²) in [6, 6.07) is 19.7. The van der Waals surface area contributed by atoms with Gasteiger partial charge in [-0.2, -0.15) is 0 Å². The number of benzene rings is 3. The molecule has 0 heterocycles. The smallest absolute Gasteiger partial charge is 0.244 e. The highest BCUT2D eigenvalue weighted by atomic mass is 35.5. The molecule has 3 rings (SSSR count). The highest BCUT2D eigenvalue weighted by Crippen LogP contribution is 2.30. The Hall–Kier alpha value is -2.78. The van der Waals surface area contributed by atoms with Crippen molar-refractivity contribution in [1.29, 1.82) is 0 Å². The molecular formula is C29H32Cl3N3O4S. The van der Waals surface area contributed by atoms with Crippen molar-refractivity contribution in [2.24, 2.45) is 5.92 Å². The number of carbonyl (C=O) groups excluding carboxylic acids is 2. The van der Waals surface area contributed by atoms with Crippen molar-refractivity contribution < 1.29 is 18.0 Å². The first-order valence-electron chi connectivity index (χ1n) is 12.6. The summed E-state index contributed by atoms with van der Waals surface area (Å²) >= 11 is 18.4. The Kier molecular flexibility index (Phi) is 11.3. The summed E-state index contributed by atoms with van der Waals surface area (Å²) in [5.41, 5.74) is 1.68. The number of hydrogen-bond donors (Lipinski definition) is 1. The van der Waals surface area contributed by atoms with Gasteiger partial charge in [0.25, 0.3) is 0 Å². The summed E-state index contributed by atoms with van der Waals surface area (Å²) in [6.45, 7) is 3.85. The van der Waals surface area contributed by atoms with Crippen LogP contribution in [0.1, 0.15) is 25.0 Å². The largest absolute Gasteiger partial charge is 0.354 e. The van der Waals surface area contributed by atoms with Crippen LogP contribution in [0.5, 0.6) is 0 Å². The molecule has 0 fully saturated rings. The fourth-order valence-electron chi connectivity index (χ4n) is 4.04. The van der Waals surface area contributed by atoms with Crippen molar-refractivity contribution in [2.75, 3.05) is 23.7 Å². The Morgan fingerprint density at radius 2 is 1.50 bits per heavy atom. The minimum Gasteiger partial charge on any atom is -0.354 e. The molecule has 1 unspecified atom stereocenters. The second-order valence-electron chi connectivity index (χ2n) is 9.86. The molecular weight excluding hydrogens is 593 g/mol. The Bertz CT molecular complexity index is 1420. The quantitative estimate of drug-likeness (QED) is 0.275. The maximum Gasteiger partial charge on any atom is 0.244 e. The molecule has 3 aromatic carbocycles. The van der Waals surface area contributed by atoms with E-state index in [1.165, 1.54) is 23.1 Å². The molecule has 0 spiro atoms. The van der Waals surface area contributed by atoms with E-state index < -0.39 is 28.5 Å². The lowest BCUT2D eigenvalue weighted by molar-refractivity contribution is -0.140. The Labute approximate surface area is 251 Å². The van der Waals surface area contributed by atoms with Gasteiger partial charge in [-0.25, -0.2) is 8.42 Å². The maximum atomic E-state index is 14.0. The molecule has 214 valence electrons. The maximum absolute atomic E-state index is 14.0. The molecule has 0 aliphatic rings. The second-order valence-corrected chi connectivity index (χ2v) is 13.0. The number of amides is 2. The second kappa shape index (κ2) is 14.2. The van der Waals surface area contributed by atoms with Gasteiger partial charge in [0.15, 0.2) is 0 Å². The highest BCUT2D eigenvalue weighted by Gasteiger charge is 2.33. The molecule has 7 nitrogen and oxygen atoms in total. The van der Waals surface area contributed by atoms with Crippen molar-refractivity contribution >= 4 is 62.3 Å². The van der Waals surface area contributed by atoms with Gasteiger partial charge in [0.1, 0.15) is 12.6 Å². The van der Waals surface area contributed by atoms with Gasteiger partial charge in [0.2, 0.25) is 21.8 Å². The van der Waals surface area contributed by atoms with Gasteiger partial charge in [-0.3, -0.25) is 13.9 Å². The molecule has 0 radical (unpaired) electrons. The van der Waals surface area contributed by atoms with E-state index in [1.807, 2.05) is 44.2 Å². The van der Waals surface area contributed by atoms with Gasteiger partial charge >= 0.3 is 0 Å². The van der Waals surface area contributed by atoms with E-state index >= 15 is 0 Å². The SMILES string of the molecule is CC(C)CNC(=O)C(Cc1ccccc1)N(Cc1ccc(Cl)cc1)C(=O)CN(c1ccc(Cl)cc1Cl)S(C)(=O)=O. The average Bonchev–Trinajstić information content (AvgIpc) is 2.89.